The third-order valence-corrected chi connectivity index (χ3v) is 4.20. The van der Waals surface area contributed by atoms with Crippen molar-refractivity contribution in [2.24, 2.45) is 5.92 Å². The summed E-state index contributed by atoms with van der Waals surface area (Å²) < 4.78 is 10.6. The Balaban J connectivity index is 2.13. The van der Waals surface area contributed by atoms with E-state index in [4.69, 9.17) is 15.2 Å². The van der Waals surface area contributed by atoms with Crippen molar-refractivity contribution in [2.75, 3.05) is 38.4 Å². The molecule has 0 aromatic heterocycles. The lowest BCUT2D eigenvalue weighted by molar-refractivity contribution is 0.354. The molecule has 1 aliphatic rings. The molecule has 0 radical (unpaired) electrons. The van der Waals surface area contributed by atoms with Crippen molar-refractivity contribution in [3.63, 3.8) is 0 Å². The largest absolute Gasteiger partial charge is 0.493 e. The van der Waals surface area contributed by atoms with Gasteiger partial charge in [0.25, 0.3) is 0 Å². The lowest BCUT2D eigenvalue weighted by Gasteiger charge is -2.29. The average molecular weight is 278 g/mol. The molecule has 1 aromatic rings. The maximum absolute atomic E-state index is 6.15. The van der Waals surface area contributed by atoms with Crippen LogP contribution in [0, 0.1) is 5.92 Å². The zero-order valence-corrected chi connectivity index (χ0v) is 12.8. The van der Waals surface area contributed by atoms with Gasteiger partial charge in [-0.3, -0.25) is 0 Å². The number of methoxy groups -OCH3 is 2. The van der Waals surface area contributed by atoms with E-state index in [-0.39, 0.29) is 0 Å². The number of benzene rings is 1. The van der Waals surface area contributed by atoms with Gasteiger partial charge in [-0.1, -0.05) is 19.3 Å². The zero-order chi connectivity index (χ0) is 14.5. The first kappa shape index (κ1) is 14.8. The first-order valence-corrected chi connectivity index (χ1v) is 7.38. The minimum atomic E-state index is 0.680. The molecule has 4 heteroatoms. The van der Waals surface area contributed by atoms with Gasteiger partial charge < -0.3 is 20.1 Å². The summed E-state index contributed by atoms with van der Waals surface area (Å²) in [4.78, 5) is 2.24. The fraction of sp³-hybridized carbons (Fsp3) is 0.625. The first-order valence-electron chi connectivity index (χ1n) is 7.38. The molecule has 20 heavy (non-hydrogen) atoms. The topological polar surface area (TPSA) is 47.7 Å². The summed E-state index contributed by atoms with van der Waals surface area (Å²) in [5.74, 6) is 2.19. The van der Waals surface area contributed by atoms with Gasteiger partial charge in [0.1, 0.15) is 0 Å². The van der Waals surface area contributed by atoms with Crippen molar-refractivity contribution >= 4 is 11.4 Å². The summed E-state index contributed by atoms with van der Waals surface area (Å²) in [5.41, 5.74) is 7.91. The molecule has 112 valence electrons. The first-order chi connectivity index (χ1) is 9.65. The molecule has 0 heterocycles. The summed E-state index contributed by atoms with van der Waals surface area (Å²) in [7, 11) is 5.38. The Kier molecular flexibility index (Phi) is 4.99. The van der Waals surface area contributed by atoms with E-state index in [1.54, 1.807) is 14.2 Å². The molecule has 0 bridgehead atoms. The van der Waals surface area contributed by atoms with E-state index in [9.17, 15) is 0 Å². The second kappa shape index (κ2) is 6.73. The minimum absolute atomic E-state index is 0.680. The van der Waals surface area contributed by atoms with Crippen LogP contribution >= 0.6 is 0 Å². The summed E-state index contributed by atoms with van der Waals surface area (Å²) in [5, 5.41) is 0. The predicted molar refractivity (Wildman–Crippen MR) is 83.8 cm³/mol. The number of rotatable bonds is 5. The second-order valence-electron chi connectivity index (χ2n) is 5.65. The molecule has 0 unspecified atom stereocenters. The molecule has 2 rings (SSSR count). The maximum atomic E-state index is 6.15. The maximum Gasteiger partial charge on any atom is 0.162 e. The molecule has 2 N–H and O–H groups in total. The van der Waals surface area contributed by atoms with Crippen LogP contribution in [0.1, 0.15) is 32.1 Å². The Bertz CT molecular complexity index is 442. The number of nitrogen functional groups attached to an aromatic ring is 1. The fourth-order valence-corrected chi connectivity index (χ4v) is 3.07. The molecule has 1 saturated carbocycles. The summed E-state index contributed by atoms with van der Waals surface area (Å²) in [6.07, 6.45) is 6.77. The SMILES string of the molecule is COc1cc(N)c(N(C)CC2CCCCC2)cc1OC. The summed E-state index contributed by atoms with van der Waals surface area (Å²) in [6.45, 7) is 1.06. The third kappa shape index (κ3) is 3.30. The molecule has 1 aliphatic carbocycles. The molecule has 1 aromatic carbocycles. The predicted octanol–water partition coefficient (Wildman–Crippen LogP) is 3.30. The minimum Gasteiger partial charge on any atom is -0.493 e. The summed E-state index contributed by atoms with van der Waals surface area (Å²) >= 11 is 0. The molecular weight excluding hydrogens is 252 g/mol. The van der Waals surface area contributed by atoms with Crippen LogP contribution in [0.4, 0.5) is 11.4 Å². The average Bonchev–Trinajstić information content (AvgIpc) is 2.47. The Labute approximate surface area is 121 Å². The van der Waals surface area contributed by atoms with Gasteiger partial charge in [-0.2, -0.15) is 0 Å². The van der Waals surface area contributed by atoms with E-state index in [0.717, 1.165) is 29.6 Å². The van der Waals surface area contributed by atoms with Crippen LogP contribution < -0.4 is 20.1 Å². The number of nitrogens with two attached hydrogens (primary N) is 1. The number of ether oxygens (including phenoxy) is 2. The molecular formula is C16H26N2O2. The van der Waals surface area contributed by atoms with Crippen LogP contribution in [0.2, 0.25) is 0 Å². The zero-order valence-electron chi connectivity index (χ0n) is 12.8. The molecule has 0 saturated heterocycles. The van der Waals surface area contributed by atoms with Crippen LogP contribution in [0.3, 0.4) is 0 Å². The van der Waals surface area contributed by atoms with Crippen molar-refractivity contribution < 1.29 is 9.47 Å². The van der Waals surface area contributed by atoms with E-state index in [1.165, 1.54) is 32.1 Å². The van der Waals surface area contributed by atoms with Gasteiger partial charge in [-0.05, 0) is 18.8 Å². The third-order valence-electron chi connectivity index (χ3n) is 4.20. The van der Waals surface area contributed by atoms with Gasteiger partial charge in [-0.15, -0.1) is 0 Å². The van der Waals surface area contributed by atoms with Crippen molar-refractivity contribution in [3.8, 4) is 11.5 Å². The van der Waals surface area contributed by atoms with Gasteiger partial charge in [-0.25, -0.2) is 0 Å². The van der Waals surface area contributed by atoms with Gasteiger partial charge in [0.05, 0.1) is 25.6 Å². The van der Waals surface area contributed by atoms with E-state index in [0.29, 0.717) is 5.75 Å². The molecule has 0 aliphatic heterocycles. The highest BCUT2D eigenvalue weighted by atomic mass is 16.5. The Hall–Kier alpha value is -1.58. The van der Waals surface area contributed by atoms with E-state index >= 15 is 0 Å². The monoisotopic (exact) mass is 278 g/mol. The number of nitrogens with zero attached hydrogens (tertiary/aromatic N) is 1. The van der Waals surface area contributed by atoms with Crippen molar-refractivity contribution in [3.05, 3.63) is 12.1 Å². The van der Waals surface area contributed by atoms with Crippen molar-refractivity contribution in [2.45, 2.75) is 32.1 Å². The molecule has 0 spiro atoms. The Morgan fingerprint density at radius 1 is 1.10 bits per heavy atom. The van der Waals surface area contributed by atoms with Crippen LogP contribution in [0.25, 0.3) is 0 Å². The molecule has 4 nitrogen and oxygen atoms in total. The van der Waals surface area contributed by atoms with Crippen LogP contribution in [0.5, 0.6) is 11.5 Å². The van der Waals surface area contributed by atoms with Gasteiger partial charge in [0.15, 0.2) is 11.5 Å². The van der Waals surface area contributed by atoms with Crippen molar-refractivity contribution in [1.82, 2.24) is 0 Å². The smallest absolute Gasteiger partial charge is 0.162 e. The highest BCUT2D eigenvalue weighted by Gasteiger charge is 2.18. The second-order valence-corrected chi connectivity index (χ2v) is 5.65. The lowest BCUT2D eigenvalue weighted by Crippen LogP contribution is -2.27. The van der Waals surface area contributed by atoms with Crippen molar-refractivity contribution in [1.29, 1.82) is 0 Å². The van der Waals surface area contributed by atoms with Crippen LogP contribution in [0.15, 0.2) is 12.1 Å². The highest BCUT2D eigenvalue weighted by molar-refractivity contribution is 5.73. The lowest BCUT2D eigenvalue weighted by atomic mass is 9.89. The molecule has 0 atom stereocenters. The quantitative estimate of drug-likeness (QED) is 0.840. The molecule has 0 amide bonds. The van der Waals surface area contributed by atoms with Gasteiger partial charge in [0.2, 0.25) is 0 Å². The highest BCUT2D eigenvalue weighted by Crippen LogP contribution is 2.37. The van der Waals surface area contributed by atoms with Crippen LogP contribution in [-0.2, 0) is 0 Å². The number of hydrogen-bond acceptors (Lipinski definition) is 4. The van der Waals surface area contributed by atoms with E-state index in [1.807, 2.05) is 12.1 Å². The normalized spacial score (nSPS) is 15.9. The standard InChI is InChI=1S/C16H26N2O2/c1-18(11-12-7-5-4-6-8-12)14-10-16(20-3)15(19-2)9-13(14)17/h9-10,12H,4-8,11,17H2,1-3H3. The molecule has 1 fully saturated rings. The van der Waals surface area contributed by atoms with E-state index in [2.05, 4.69) is 11.9 Å². The number of hydrogen-bond donors (Lipinski definition) is 1. The number of anilines is 2. The van der Waals surface area contributed by atoms with Gasteiger partial charge >= 0.3 is 0 Å². The fourth-order valence-electron chi connectivity index (χ4n) is 3.07. The Morgan fingerprint density at radius 2 is 1.70 bits per heavy atom. The van der Waals surface area contributed by atoms with Crippen LogP contribution in [-0.4, -0.2) is 27.8 Å². The summed E-state index contributed by atoms with van der Waals surface area (Å²) in [6, 6.07) is 3.81. The van der Waals surface area contributed by atoms with E-state index < -0.39 is 0 Å². The Morgan fingerprint density at radius 3 is 2.30 bits per heavy atom. The van der Waals surface area contributed by atoms with Gasteiger partial charge in [0, 0.05) is 25.7 Å².